The molecule has 2 heterocycles. The maximum Gasteiger partial charge on any atom is 0.256 e. The first kappa shape index (κ1) is 11.7. The topological polar surface area (TPSA) is 52.0 Å². The lowest BCUT2D eigenvalue weighted by molar-refractivity contribution is 0.430. The first-order valence-corrected chi connectivity index (χ1v) is 6.86. The van der Waals surface area contributed by atoms with Crippen molar-refractivity contribution in [3.8, 4) is 0 Å². The van der Waals surface area contributed by atoms with Crippen molar-refractivity contribution in [1.82, 2.24) is 4.98 Å². The monoisotopic (exact) mass is 254 g/mol. The van der Waals surface area contributed by atoms with E-state index in [9.17, 15) is 0 Å². The van der Waals surface area contributed by atoms with Crippen molar-refractivity contribution in [2.45, 2.75) is 24.3 Å². The Balaban J connectivity index is 2.13. The molecule has 0 amide bonds. The van der Waals surface area contributed by atoms with E-state index in [2.05, 4.69) is 21.8 Å². The fourth-order valence-corrected chi connectivity index (χ4v) is 3.11. The van der Waals surface area contributed by atoms with E-state index in [-0.39, 0.29) is 5.25 Å². The number of hydrogen-bond acceptors (Lipinski definition) is 5. The Kier molecular flexibility index (Phi) is 3.68. The van der Waals surface area contributed by atoms with E-state index in [1.54, 1.807) is 23.1 Å². The van der Waals surface area contributed by atoms with Crippen LogP contribution in [-0.4, -0.2) is 11.5 Å². The van der Waals surface area contributed by atoms with Crippen molar-refractivity contribution in [1.29, 1.82) is 0 Å². The highest BCUT2D eigenvalue weighted by molar-refractivity contribution is 7.99. The minimum absolute atomic E-state index is 0.226. The number of nitrogens with two attached hydrogens (primary N) is 1. The molecule has 2 rings (SSSR count). The first-order chi connectivity index (χ1) is 7.70. The van der Waals surface area contributed by atoms with Crippen LogP contribution in [0.3, 0.4) is 0 Å². The zero-order valence-corrected chi connectivity index (χ0v) is 10.9. The van der Waals surface area contributed by atoms with Crippen molar-refractivity contribution < 1.29 is 4.42 Å². The van der Waals surface area contributed by atoms with E-state index in [1.165, 1.54) is 5.56 Å². The van der Waals surface area contributed by atoms with Crippen LogP contribution in [0.1, 0.15) is 22.3 Å². The third-order valence-corrected chi connectivity index (χ3v) is 4.21. The molecule has 0 aliphatic carbocycles. The van der Waals surface area contributed by atoms with Gasteiger partial charge in [-0.3, -0.25) is 0 Å². The SMILES string of the molecule is Cc1nc(SC(CN)c2ccsc2)oc1C. The number of hydrogen-bond donors (Lipinski definition) is 1. The van der Waals surface area contributed by atoms with Gasteiger partial charge in [0.2, 0.25) is 0 Å². The normalized spacial score (nSPS) is 12.9. The van der Waals surface area contributed by atoms with Gasteiger partial charge >= 0.3 is 0 Å². The Morgan fingerprint density at radius 1 is 1.56 bits per heavy atom. The van der Waals surface area contributed by atoms with Gasteiger partial charge in [-0.2, -0.15) is 11.3 Å². The van der Waals surface area contributed by atoms with E-state index in [1.807, 2.05) is 13.8 Å². The Bertz CT molecular complexity index is 431. The summed E-state index contributed by atoms with van der Waals surface area (Å²) in [7, 11) is 0. The minimum Gasteiger partial charge on any atom is -0.437 e. The summed E-state index contributed by atoms with van der Waals surface area (Å²) in [5.74, 6) is 0.878. The predicted molar refractivity (Wildman–Crippen MR) is 67.9 cm³/mol. The van der Waals surface area contributed by atoms with Gasteiger partial charge < -0.3 is 10.2 Å². The van der Waals surface area contributed by atoms with Crippen molar-refractivity contribution >= 4 is 23.1 Å². The molecule has 2 aromatic heterocycles. The van der Waals surface area contributed by atoms with E-state index in [0.717, 1.165) is 11.5 Å². The van der Waals surface area contributed by atoms with Crippen molar-refractivity contribution in [2.75, 3.05) is 6.54 Å². The molecule has 0 aliphatic rings. The Labute approximate surface area is 103 Å². The van der Waals surface area contributed by atoms with Gasteiger partial charge in [-0.1, -0.05) is 11.8 Å². The van der Waals surface area contributed by atoms with Gasteiger partial charge in [0.1, 0.15) is 5.76 Å². The van der Waals surface area contributed by atoms with Crippen LogP contribution < -0.4 is 5.73 Å². The van der Waals surface area contributed by atoms with Crippen LogP contribution >= 0.6 is 23.1 Å². The molecule has 0 fully saturated rings. The summed E-state index contributed by atoms with van der Waals surface area (Å²) in [5.41, 5.74) is 7.96. The summed E-state index contributed by atoms with van der Waals surface area (Å²) in [6, 6.07) is 2.10. The number of thiophene rings is 1. The summed E-state index contributed by atoms with van der Waals surface area (Å²) >= 11 is 3.27. The Hall–Kier alpha value is -0.780. The average Bonchev–Trinajstić information content (AvgIpc) is 2.86. The molecular weight excluding hydrogens is 240 g/mol. The maximum atomic E-state index is 5.77. The molecule has 0 spiro atoms. The molecule has 3 nitrogen and oxygen atoms in total. The van der Waals surface area contributed by atoms with E-state index >= 15 is 0 Å². The van der Waals surface area contributed by atoms with Crippen LogP contribution in [0.5, 0.6) is 0 Å². The molecule has 86 valence electrons. The summed E-state index contributed by atoms with van der Waals surface area (Å²) in [6.45, 7) is 4.46. The third kappa shape index (κ3) is 2.48. The predicted octanol–water partition coefficient (Wildman–Crippen LogP) is 3.15. The largest absolute Gasteiger partial charge is 0.437 e. The standard InChI is InChI=1S/C11H14N2OS2/c1-7-8(2)14-11(13-7)16-10(5-12)9-3-4-15-6-9/h3-4,6,10H,5,12H2,1-2H3. The fourth-order valence-electron chi connectivity index (χ4n) is 1.33. The summed E-state index contributed by atoms with van der Waals surface area (Å²) in [5, 5.41) is 5.11. The van der Waals surface area contributed by atoms with E-state index in [0.29, 0.717) is 11.8 Å². The fraction of sp³-hybridized carbons (Fsp3) is 0.364. The van der Waals surface area contributed by atoms with Crippen LogP contribution in [0, 0.1) is 13.8 Å². The molecule has 0 bridgehead atoms. The van der Waals surface area contributed by atoms with Gasteiger partial charge in [-0.05, 0) is 36.2 Å². The first-order valence-electron chi connectivity index (χ1n) is 5.03. The van der Waals surface area contributed by atoms with Crippen LogP contribution in [0.15, 0.2) is 26.5 Å². The van der Waals surface area contributed by atoms with Crippen molar-refractivity contribution in [2.24, 2.45) is 5.73 Å². The van der Waals surface area contributed by atoms with Crippen LogP contribution in [0.2, 0.25) is 0 Å². The van der Waals surface area contributed by atoms with Gasteiger partial charge in [-0.15, -0.1) is 0 Å². The number of aryl methyl sites for hydroxylation is 2. The maximum absolute atomic E-state index is 5.77. The summed E-state index contributed by atoms with van der Waals surface area (Å²) < 4.78 is 5.54. The molecule has 1 unspecified atom stereocenters. The van der Waals surface area contributed by atoms with Crippen LogP contribution in [-0.2, 0) is 0 Å². The molecule has 5 heteroatoms. The van der Waals surface area contributed by atoms with E-state index < -0.39 is 0 Å². The number of aromatic nitrogens is 1. The molecule has 0 aromatic carbocycles. The average molecular weight is 254 g/mol. The molecule has 2 N–H and O–H groups in total. The second-order valence-corrected chi connectivity index (χ2v) is 5.45. The molecule has 0 saturated carbocycles. The lowest BCUT2D eigenvalue weighted by atomic mass is 10.2. The van der Waals surface area contributed by atoms with Crippen LogP contribution in [0.4, 0.5) is 0 Å². The molecular formula is C11H14N2OS2. The van der Waals surface area contributed by atoms with Crippen molar-refractivity contribution in [3.05, 3.63) is 33.8 Å². The summed E-state index contributed by atoms with van der Waals surface area (Å²) in [4.78, 5) is 4.35. The summed E-state index contributed by atoms with van der Waals surface area (Å²) in [6.07, 6.45) is 0. The zero-order valence-electron chi connectivity index (χ0n) is 9.27. The van der Waals surface area contributed by atoms with Gasteiger partial charge in [0.15, 0.2) is 0 Å². The van der Waals surface area contributed by atoms with Crippen LogP contribution in [0.25, 0.3) is 0 Å². The Morgan fingerprint density at radius 3 is 2.88 bits per heavy atom. The van der Waals surface area contributed by atoms with Gasteiger partial charge in [-0.25, -0.2) is 4.98 Å². The highest BCUT2D eigenvalue weighted by Gasteiger charge is 2.16. The van der Waals surface area contributed by atoms with Gasteiger partial charge in [0, 0.05) is 6.54 Å². The highest BCUT2D eigenvalue weighted by atomic mass is 32.2. The number of rotatable bonds is 4. The van der Waals surface area contributed by atoms with E-state index in [4.69, 9.17) is 10.2 Å². The zero-order chi connectivity index (χ0) is 11.5. The second-order valence-electron chi connectivity index (χ2n) is 3.52. The minimum atomic E-state index is 0.226. The lowest BCUT2D eigenvalue weighted by Gasteiger charge is -2.09. The van der Waals surface area contributed by atoms with Gasteiger partial charge in [0.05, 0.1) is 10.9 Å². The molecule has 2 aromatic rings. The molecule has 0 aliphatic heterocycles. The van der Waals surface area contributed by atoms with Gasteiger partial charge in [0.25, 0.3) is 5.22 Å². The van der Waals surface area contributed by atoms with Crippen molar-refractivity contribution in [3.63, 3.8) is 0 Å². The number of oxazole rings is 1. The lowest BCUT2D eigenvalue weighted by Crippen LogP contribution is -2.08. The molecule has 16 heavy (non-hydrogen) atoms. The second kappa shape index (κ2) is 5.03. The quantitative estimate of drug-likeness (QED) is 0.852. The molecule has 1 atom stereocenters. The molecule has 0 saturated heterocycles. The number of thioether (sulfide) groups is 1. The Morgan fingerprint density at radius 2 is 2.38 bits per heavy atom. The number of nitrogens with zero attached hydrogens (tertiary/aromatic N) is 1. The third-order valence-electron chi connectivity index (χ3n) is 2.38. The highest BCUT2D eigenvalue weighted by Crippen LogP contribution is 2.35. The smallest absolute Gasteiger partial charge is 0.256 e. The molecule has 0 radical (unpaired) electrons.